The van der Waals surface area contributed by atoms with Gasteiger partial charge in [-0.25, -0.2) is 0 Å². The Morgan fingerprint density at radius 1 is 0.667 bits per heavy atom. The Balaban J connectivity index is 3.36. The van der Waals surface area contributed by atoms with Crippen molar-refractivity contribution in [1.82, 2.24) is 0 Å². The van der Waals surface area contributed by atoms with Crippen LogP contribution in [0.1, 0.15) is 13.8 Å². The van der Waals surface area contributed by atoms with Crippen LogP contribution < -0.4 is 0 Å². The fourth-order valence-corrected chi connectivity index (χ4v) is 1.15. The zero-order valence-corrected chi connectivity index (χ0v) is 11.3. The van der Waals surface area contributed by atoms with E-state index in [2.05, 4.69) is 0 Å². The average Bonchev–Trinajstić information content (AvgIpc) is 2.37. The van der Waals surface area contributed by atoms with E-state index in [-0.39, 0.29) is 13.2 Å². The number of ether oxygens (including phenoxy) is 4. The Labute approximate surface area is 109 Å². The zero-order chi connectivity index (χ0) is 13.6. The molecule has 0 aliphatic heterocycles. The van der Waals surface area contributed by atoms with E-state index in [1.807, 2.05) is 13.8 Å². The molecule has 0 radical (unpaired) electrons. The molecule has 0 spiro atoms. The van der Waals surface area contributed by atoms with Gasteiger partial charge in [-0.05, 0) is 13.8 Å². The first-order chi connectivity index (χ1) is 8.72. The van der Waals surface area contributed by atoms with Crippen molar-refractivity contribution < 1.29 is 29.2 Å². The van der Waals surface area contributed by atoms with Crippen LogP contribution in [0.4, 0.5) is 0 Å². The maximum atomic E-state index is 9.55. The number of aliphatic hydroxyl groups excluding tert-OH is 2. The van der Waals surface area contributed by atoms with E-state index in [1.165, 1.54) is 0 Å². The first-order valence-corrected chi connectivity index (χ1v) is 6.39. The molecule has 6 heteroatoms. The summed E-state index contributed by atoms with van der Waals surface area (Å²) in [4.78, 5) is 0. The highest BCUT2D eigenvalue weighted by Gasteiger charge is 2.16. The summed E-state index contributed by atoms with van der Waals surface area (Å²) < 4.78 is 20.4. The SMILES string of the molecule is CCOCCOCC(O)C(O)COCCOCC. The third-order valence-electron chi connectivity index (χ3n) is 2.17. The summed E-state index contributed by atoms with van der Waals surface area (Å²) in [7, 11) is 0. The molecule has 0 aliphatic carbocycles. The van der Waals surface area contributed by atoms with Crippen molar-refractivity contribution in [2.24, 2.45) is 0 Å². The molecule has 0 amide bonds. The van der Waals surface area contributed by atoms with Crippen molar-refractivity contribution in [3.05, 3.63) is 0 Å². The number of hydrogen-bond acceptors (Lipinski definition) is 6. The third-order valence-corrected chi connectivity index (χ3v) is 2.17. The molecular weight excluding hydrogens is 240 g/mol. The van der Waals surface area contributed by atoms with Gasteiger partial charge in [0, 0.05) is 13.2 Å². The molecule has 0 heterocycles. The lowest BCUT2D eigenvalue weighted by molar-refractivity contribution is -0.0799. The van der Waals surface area contributed by atoms with Crippen LogP contribution >= 0.6 is 0 Å². The Hall–Kier alpha value is -0.240. The van der Waals surface area contributed by atoms with Gasteiger partial charge in [0.05, 0.1) is 39.6 Å². The van der Waals surface area contributed by atoms with Crippen molar-refractivity contribution >= 4 is 0 Å². The molecule has 6 nitrogen and oxygen atoms in total. The maximum absolute atomic E-state index is 9.55. The van der Waals surface area contributed by atoms with Gasteiger partial charge in [-0.3, -0.25) is 0 Å². The lowest BCUT2D eigenvalue weighted by atomic mass is 10.2. The van der Waals surface area contributed by atoms with E-state index >= 15 is 0 Å². The second kappa shape index (κ2) is 13.2. The van der Waals surface area contributed by atoms with E-state index < -0.39 is 12.2 Å². The molecule has 0 fully saturated rings. The predicted molar refractivity (Wildman–Crippen MR) is 66.6 cm³/mol. The Morgan fingerprint density at radius 3 is 1.33 bits per heavy atom. The molecule has 0 saturated carbocycles. The van der Waals surface area contributed by atoms with Gasteiger partial charge in [0.15, 0.2) is 0 Å². The lowest BCUT2D eigenvalue weighted by Gasteiger charge is -2.17. The zero-order valence-electron chi connectivity index (χ0n) is 11.3. The predicted octanol–water partition coefficient (Wildman–Crippen LogP) is -0.186. The Kier molecular flexibility index (Phi) is 13.0. The molecule has 2 N–H and O–H groups in total. The molecule has 0 aromatic heterocycles. The average molecular weight is 266 g/mol. The summed E-state index contributed by atoms with van der Waals surface area (Å²) in [5, 5.41) is 19.1. The van der Waals surface area contributed by atoms with Crippen molar-refractivity contribution in [3.8, 4) is 0 Å². The van der Waals surface area contributed by atoms with Gasteiger partial charge in [0.25, 0.3) is 0 Å². The third kappa shape index (κ3) is 10.9. The smallest absolute Gasteiger partial charge is 0.105 e. The summed E-state index contributed by atoms with van der Waals surface area (Å²) in [5.41, 5.74) is 0. The van der Waals surface area contributed by atoms with Crippen molar-refractivity contribution in [3.63, 3.8) is 0 Å². The Morgan fingerprint density at radius 2 is 1.00 bits per heavy atom. The van der Waals surface area contributed by atoms with Crippen LogP contribution in [0.2, 0.25) is 0 Å². The second-order valence-corrected chi connectivity index (χ2v) is 3.68. The summed E-state index contributed by atoms with van der Waals surface area (Å²) in [6, 6.07) is 0. The van der Waals surface area contributed by atoms with E-state index in [0.717, 1.165) is 0 Å². The van der Waals surface area contributed by atoms with Gasteiger partial charge in [-0.1, -0.05) is 0 Å². The van der Waals surface area contributed by atoms with Gasteiger partial charge in [-0.2, -0.15) is 0 Å². The topological polar surface area (TPSA) is 77.4 Å². The molecule has 110 valence electrons. The van der Waals surface area contributed by atoms with Crippen LogP contribution in [-0.4, -0.2) is 75.3 Å². The van der Waals surface area contributed by atoms with Crippen LogP contribution in [0.15, 0.2) is 0 Å². The van der Waals surface area contributed by atoms with Crippen LogP contribution in [0.3, 0.4) is 0 Å². The molecule has 2 atom stereocenters. The summed E-state index contributed by atoms with van der Waals surface area (Å²) in [6.07, 6.45) is -1.89. The largest absolute Gasteiger partial charge is 0.388 e. The fourth-order valence-electron chi connectivity index (χ4n) is 1.15. The normalized spacial score (nSPS) is 14.7. The molecule has 0 saturated heterocycles. The van der Waals surface area contributed by atoms with Crippen LogP contribution in [0.25, 0.3) is 0 Å². The fraction of sp³-hybridized carbons (Fsp3) is 1.00. The van der Waals surface area contributed by atoms with Gasteiger partial charge >= 0.3 is 0 Å². The van der Waals surface area contributed by atoms with Gasteiger partial charge in [0.1, 0.15) is 12.2 Å². The highest BCUT2D eigenvalue weighted by Crippen LogP contribution is 1.96. The highest BCUT2D eigenvalue weighted by atomic mass is 16.5. The van der Waals surface area contributed by atoms with Crippen LogP contribution in [0, 0.1) is 0 Å². The highest BCUT2D eigenvalue weighted by molar-refractivity contribution is 4.65. The minimum absolute atomic E-state index is 0.0725. The molecular formula is C12H26O6. The van der Waals surface area contributed by atoms with Crippen molar-refractivity contribution in [2.75, 3.05) is 52.9 Å². The molecule has 18 heavy (non-hydrogen) atoms. The monoisotopic (exact) mass is 266 g/mol. The molecule has 0 bridgehead atoms. The summed E-state index contributed by atoms with van der Waals surface area (Å²) >= 11 is 0. The van der Waals surface area contributed by atoms with Crippen molar-refractivity contribution in [2.45, 2.75) is 26.1 Å². The number of hydrogen-bond donors (Lipinski definition) is 2. The number of rotatable bonds is 13. The van der Waals surface area contributed by atoms with E-state index in [1.54, 1.807) is 0 Å². The quantitative estimate of drug-likeness (QED) is 0.450. The van der Waals surface area contributed by atoms with Crippen LogP contribution in [-0.2, 0) is 18.9 Å². The van der Waals surface area contributed by atoms with E-state index in [9.17, 15) is 10.2 Å². The summed E-state index contributed by atoms with van der Waals surface area (Å²) in [5.74, 6) is 0. The van der Waals surface area contributed by atoms with E-state index in [4.69, 9.17) is 18.9 Å². The van der Waals surface area contributed by atoms with Gasteiger partial charge in [-0.15, -0.1) is 0 Å². The van der Waals surface area contributed by atoms with E-state index in [0.29, 0.717) is 39.6 Å². The lowest BCUT2D eigenvalue weighted by Crippen LogP contribution is -2.35. The van der Waals surface area contributed by atoms with Gasteiger partial charge < -0.3 is 29.2 Å². The van der Waals surface area contributed by atoms with Gasteiger partial charge in [0.2, 0.25) is 0 Å². The molecule has 0 aliphatic rings. The Bertz CT molecular complexity index is 149. The minimum Gasteiger partial charge on any atom is -0.388 e. The standard InChI is InChI=1S/C12H26O6/c1-3-15-5-7-17-9-11(13)12(14)10-18-8-6-16-4-2/h11-14H,3-10H2,1-2H3. The first kappa shape index (κ1) is 17.8. The summed E-state index contributed by atoms with van der Waals surface area (Å²) in [6.45, 7) is 7.02. The molecule has 0 aromatic rings. The number of aliphatic hydroxyl groups is 2. The second-order valence-electron chi connectivity index (χ2n) is 3.68. The van der Waals surface area contributed by atoms with Crippen LogP contribution in [0.5, 0.6) is 0 Å². The molecule has 2 unspecified atom stereocenters. The van der Waals surface area contributed by atoms with Crippen molar-refractivity contribution in [1.29, 1.82) is 0 Å². The molecule has 0 rings (SSSR count). The first-order valence-electron chi connectivity index (χ1n) is 6.39. The minimum atomic E-state index is -0.946. The maximum Gasteiger partial charge on any atom is 0.105 e. The molecule has 0 aromatic carbocycles.